The topological polar surface area (TPSA) is 81.4 Å². The van der Waals surface area contributed by atoms with Crippen LogP contribution in [-0.2, 0) is 14.3 Å². The molecule has 0 saturated heterocycles. The molecule has 0 saturated carbocycles. The molecule has 9 heteroatoms. The standard InChI is InChI=1S/C18H14Cl2N2O4S/c1-10(17(24)21-13-7-6-11(19)8-12(13)20)25-16(23)9-27-18-22-14-4-2-3-5-15(14)26-18/h2-8,10H,9H2,1H3,(H,21,24). The molecule has 3 rings (SSSR count). The first-order chi connectivity index (χ1) is 12.9. The summed E-state index contributed by atoms with van der Waals surface area (Å²) in [6.07, 6.45) is -0.992. The van der Waals surface area contributed by atoms with Crippen molar-refractivity contribution in [1.29, 1.82) is 0 Å². The van der Waals surface area contributed by atoms with Gasteiger partial charge in [0, 0.05) is 5.02 Å². The molecular weight excluding hydrogens is 411 g/mol. The van der Waals surface area contributed by atoms with Crippen molar-refractivity contribution in [1.82, 2.24) is 4.98 Å². The highest BCUT2D eigenvalue weighted by molar-refractivity contribution is 7.99. The number of aromatic nitrogens is 1. The highest BCUT2D eigenvalue weighted by Gasteiger charge is 2.19. The SMILES string of the molecule is CC(OC(=O)CSc1nc2ccccc2o1)C(=O)Nc1ccc(Cl)cc1Cl. The number of fused-ring (bicyclic) bond motifs is 1. The maximum Gasteiger partial charge on any atom is 0.317 e. The average molecular weight is 425 g/mol. The van der Waals surface area contributed by atoms with Crippen LogP contribution in [0, 0.1) is 0 Å². The molecule has 0 aliphatic rings. The van der Waals surface area contributed by atoms with Gasteiger partial charge in [-0.3, -0.25) is 9.59 Å². The second-order valence-electron chi connectivity index (χ2n) is 5.48. The number of carbonyl (C=O) groups excluding carboxylic acids is 2. The van der Waals surface area contributed by atoms with Crippen molar-refractivity contribution in [3.63, 3.8) is 0 Å². The third-order valence-electron chi connectivity index (χ3n) is 3.45. The van der Waals surface area contributed by atoms with Crippen LogP contribution >= 0.6 is 35.0 Å². The minimum absolute atomic E-state index is 0.0356. The normalized spacial score (nSPS) is 12.0. The van der Waals surface area contributed by atoms with Crippen LogP contribution in [0.1, 0.15) is 6.92 Å². The summed E-state index contributed by atoms with van der Waals surface area (Å²) in [5.41, 5.74) is 1.73. The average Bonchev–Trinajstić information content (AvgIpc) is 3.05. The third kappa shape index (κ3) is 5.15. The van der Waals surface area contributed by atoms with Crippen LogP contribution in [-0.4, -0.2) is 28.7 Å². The zero-order valence-corrected chi connectivity index (χ0v) is 16.4. The number of ether oxygens (including phenoxy) is 1. The summed E-state index contributed by atoms with van der Waals surface area (Å²) < 4.78 is 10.6. The Bertz CT molecular complexity index is 959. The summed E-state index contributed by atoms with van der Waals surface area (Å²) in [5, 5.41) is 3.69. The number of esters is 1. The molecule has 0 aliphatic carbocycles. The highest BCUT2D eigenvalue weighted by Crippen LogP contribution is 2.26. The number of halogens is 2. The van der Waals surface area contributed by atoms with Crippen molar-refractivity contribution in [2.45, 2.75) is 18.3 Å². The van der Waals surface area contributed by atoms with Crippen molar-refractivity contribution < 1.29 is 18.7 Å². The lowest BCUT2D eigenvalue weighted by molar-refractivity contribution is -0.150. The van der Waals surface area contributed by atoms with E-state index < -0.39 is 18.0 Å². The van der Waals surface area contributed by atoms with E-state index in [1.165, 1.54) is 13.0 Å². The van der Waals surface area contributed by atoms with Crippen LogP contribution in [0.25, 0.3) is 11.1 Å². The van der Waals surface area contributed by atoms with Gasteiger partial charge in [0.05, 0.1) is 10.7 Å². The summed E-state index contributed by atoms with van der Waals surface area (Å²) >= 11 is 12.9. The number of thioether (sulfide) groups is 1. The van der Waals surface area contributed by atoms with Crippen molar-refractivity contribution in [2.24, 2.45) is 0 Å². The number of oxazole rings is 1. The number of nitrogens with zero attached hydrogens (tertiary/aromatic N) is 1. The predicted molar refractivity (Wildman–Crippen MR) is 105 cm³/mol. The van der Waals surface area contributed by atoms with Crippen molar-refractivity contribution in [3.05, 3.63) is 52.5 Å². The van der Waals surface area contributed by atoms with Crippen molar-refractivity contribution in [2.75, 3.05) is 11.1 Å². The Morgan fingerprint density at radius 3 is 2.78 bits per heavy atom. The Balaban J connectivity index is 1.51. The van der Waals surface area contributed by atoms with Gasteiger partial charge in [-0.15, -0.1) is 0 Å². The molecule has 1 unspecified atom stereocenters. The third-order valence-corrected chi connectivity index (χ3v) is 4.80. The summed E-state index contributed by atoms with van der Waals surface area (Å²) in [6, 6.07) is 12.0. The molecule has 1 amide bonds. The second-order valence-corrected chi connectivity index (χ2v) is 7.25. The van der Waals surface area contributed by atoms with E-state index in [-0.39, 0.29) is 5.75 Å². The lowest BCUT2D eigenvalue weighted by Crippen LogP contribution is -2.30. The van der Waals surface area contributed by atoms with Gasteiger partial charge in [-0.05, 0) is 37.3 Å². The molecule has 0 aliphatic heterocycles. The first-order valence-corrected chi connectivity index (χ1v) is 9.60. The van der Waals surface area contributed by atoms with E-state index in [9.17, 15) is 9.59 Å². The van der Waals surface area contributed by atoms with Gasteiger partial charge in [0.25, 0.3) is 11.1 Å². The summed E-state index contributed by atoms with van der Waals surface area (Å²) in [7, 11) is 0. The molecule has 27 heavy (non-hydrogen) atoms. The van der Waals surface area contributed by atoms with E-state index in [1.54, 1.807) is 18.2 Å². The number of benzene rings is 2. The van der Waals surface area contributed by atoms with E-state index >= 15 is 0 Å². The van der Waals surface area contributed by atoms with Gasteiger partial charge >= 0.3 is 5.97 Å². The number of carbonyl (C=O) groups is 2. The van der Waals surface area contributed by atoms with Crippen molar-refractivity contribution in [3.8, 4) is 0 Å². The van der Waals surface area contributed by atoms with E-state index in [0.717, 1.165) is 11.8 Å². The minimum atomic E-state index is -0.992. The van der Waals surface area contributed by atoms with E-state index in [1.807, 2.05) is 18.2 Å². The zero-order chi connectivity index (χ0) is 19.4. The molecule has 0 bridgehead atoms. The second kappa shape index (κ2) is 8.65. The van der Waals surface area contributed by atoms with E-state index in [0.29, 0.717) is 32.1 Å². The monoisotopic (exact) mass is 424 g/mol. The fraction of sp³-hybridized carbons (Fsp3) is 0.167. The predicted octanol–water partition coefficient (Wildman–Crippen LogP) is 4.80. The summed E-state index contributed by atoms with van der Waals surface area (Å²) in [4.78, 5) is 28.4. The first-order valence-electron chi connectivity index (χ1n) is 7.86. The molecule has 1 heterocycles. The molecule has 1 aromatic heterocycles. The van der Waals surface area contributed by atoms with Gasteiger partial charge in [-0.25, -0.2) is 4.98 Å². The highest BCUT2D eigenvalue weighted by atomic mass is 35.5. The Morgan fingerprint density at radius 1 is 1.26 bits per heavy atom. The molecule has 140 valence electrons. The largest absolute Gasteiger partial charge is 0.452 e. The number of anilines is 1. The Labute approximate surface area is 169 Å². The number of para-hydroxylation sites is 2. The maximum absolute atomic E-state index is 12.2. The van der Waals surface area contributed by atoms with E-state index in [2.05, 4.69) is 10.3 Å². The van der Waals surface area contributed by atoms with Crippen LogP contribution in [0.3, 0.4) is 0 Å². The van der Waals surface area contributed by atoms with Gasteiger partial charge in [0.1, 0.15) is 11.3 Å². The van der Waals surface area contributed by atoms with Crippen LogP contribution in [0.4, 0.5) is 5.69 Å². The van der Waals surface area contributed by atoms with Crippen molar-refractivity contribution >= 4 is 63.6 Å². The molecule has 0 radical (unpaired) electrons. The molecule has 2 aromatic carbocycles. The number of rotatable bonds is 6. The van der Waals surface area contributed by atoms with Gasteiger partial charge < -0.3 is 14.5 Å². The minimum Gasteiger partial charge on any atom is -0.452 e. The van der Waals surface area contributed by atoms with E-state index in [4.69, 9.17) is 32.4 Å². The molecule has 0 fully saturated rings. The van der Waals surface area contributed by atoms with Gasteiger partial charge in [0.15, 0.2) is 11.7 Å². The van der Waals surface area contributed by atoms with Crippen LogP contribution in [0.5, 0.6) is 0 Å². The quantitative estimate of drug-likeness (QED) is 0.452. The lowest BCUT2D eigenvalue weighted by atomic mass is 10.3. The first kappa shape index (κ1) is 19.5. The van der Waals surface area contributed by atoms with Crippen LogP contribution < -0.4 is 5.32 Å². The number of hydrogen-bond donors (Lipinski definition) is 1. The fourth-order valence-corrected chi connectivity index (χ4v) is 3.22. The maximum atomic E-state index is 12.2. The summed E-state index contributed by atoms with van der Waals surface area (Å²) in [6.45, 7) is 1.47. The smallest absolute Gasteiger partial charge is 0.317 e. The summed E-state index contributed by atoms with van der Waals surface area (Å²) in [5.74, 6) is -1.10. The van der Waals surface area contributed by atoms with Gasteiger partial charge in [0.2, 0.25) is 0 Å². The molecular formula is C18H14Cl2N2O4S. The molecule has 1 N–H and O–H groups in total. The Kier molecular flexibility index (Phi) is 6.26. The number of nitrogens with one attached hydrogen (secondary N) is 1. The molecule has 1 atom stereocenters. The Hall–Kier alpha value is -2.22. The molecule has 0 spiro atoms. The lowest BCUT2D eigenvalue weighted by Gasteiger charge is -2.14. The van der Waals surface area contributed by atoms with Gasteiger partial charge in [-0.2, -0.15) is 0 Å². The number of amides is 1. The molecule has 6 nitrogen and oxygen atoms in total. The fourth-order valence-electron chi connectivity index (χ4n) is 2.14. The molecule has 3 aromatic rings. The van der Waals surface area contributed by atoms with Gasteiger partial charge in [-0.1, -0.05) is 47.1 Å². The number of hydrogen-bond acceptors (Lipinski definition) is 6. The Morgan fingerprint density at radius 2 is 2.04 bits per heavy atom. The van der Waals surface area contributed by atoms with Crippen LogP contribution in [0.15, 0.2) is 52.1 Å². The zero-order valence-electron chi connectivity index (χ0n) is 14.1. The van der Waals surface area contributed by atoms with Crippen LogP contribution in [0.2, 0.25) is 10.0 Å².